The summed E-state index contributed by atoms with van der Waals surface area (Å²) in [4.78, 5) is 15.5. The molecular weight excluding hydrogens is 250 g/mol. The van der Waals surface area contributed by atoms with Crippen molar-refractivity contribution in [2.45, 2.75) is 6.61 Å². The number of rotatable bonds is 4. The van der Waals surface area contributed by atoms with Crippen molar-refractivity contribution in [1.29, 1.82) is 0 Å². The van der Waals surface area contributed by atoms with Gasteiger partial charge in [0.2, 0.25) is 0 Å². The highest BCUT2D eigenvalue weighted by Gasteiger charge is 2.03. The number of ether oxygens (including phenoxy) is 1. The number of benzene rings is 2. The Kier molecular flexibility index (Phi) is 3.42. The lowest BCUT2D eigenvalue weighted by atomic mass is 10.2. The maximum absolute atomic E-state index is 10.9. The third-order valence-corrected chi connectivity index (χ3v) is 3.08. The number of hydrogen-bond donors (Lipinski definition) is 0. The Balaban J connectivity index is 1.81. The van der Waals surface area contributed by atoms with Gasteiger partial charge in [-0.2, -0.15) is 0 Å². The first-order chi connectivity index (χ1) is 9.86. The molecule has 0 aliphatic carbocycles. The van der Waals surface area contributed by atoms with Crippen LogP contribution in [0.25, 0.3) is 10.9 Å². The lowest BCUT2D eigenvalue weighted by molar-refractivity contribution is 0.111. The first-order valence-electron chi connectivity index (χ1n) is 6.38. The van der Waals surface area contributed by atoms with Gasteiger partial charge in [0, 0.05) is 5.39 Å². The van der Waals surface area contributed by atoms with Crippen molar-refractivity contribution in [1.82, 2.24) is 4.98 Å². The van der Waals surface area contributed by atoms with E-state index in [2.05, 4.69) is 4.98 Å². The molecular formula is C17H13NO2. The number of carbonyl (C=O) groups is 1. The molecule has 0 saturated heterocycles. The van der Waals surface area contributed by atoms with E-state index in [1.807, 2.05) is 48.5 Å². The highest BCUT2D eigenvalue weighted by Crippen LogP contribution is 2.18. The fourth-order valence-electron chi connectivity index (χ4n) is 2.05. The van der Waals surface area contributed by atoms with Crippen LogP contribution in [0.2, 0.25) is 0 Å². The summed E-state index contributed by atoms with van der Waals surface area (Å²) < 4.78 is 5.67. The van der Waals surface area contributed by atoms with Crippen LogP contribution in [0.15, 0.2) is 60.7 Å². The molecule has 3 rings (SSSR count). The van der Waals surface area contributed by atoms with Crippen molar-refractivity contribution in [3.63, 3.8) is 0 Å². The number of aldehydes is 1. The average molecular weight is 263 g/mol. The molecule has 0 bridgehead atoms. The van der Waals surface area contributed by atoms with Crippen LogP contribution < -0.4 is 4.74 Å². The fraction of sp³-hybridized carbons (Fsp3) is 0.0588. The van der Waals surface area contributed by atoms with E-state index in [1.54, 1.807) is 12.1 Å². The van der Waals surface area contributed by atoms with Gasteiger partial charge >= 0.3 is 0 Å². The Morgan fingerprint density at radius 3 is 2.65 bits per heavy atom. The van der Waals surface area contributed by atoms with Gasteiger partial charge in [-0.05, 0) is 24.3 Å². The van der Waals surface area contributed by atoms with E-state index in [-0.39, 0.29) is 0 Å². The molecule has 0 atom stereocenters. The van der Waals surface area contributed by atoms with E-state index in [1.165, 1.54) is 0 Å². The summed E-state index contributed by atoms with van der Waals surface area (Å²) in [5.41, 5.74) is 2.33. The smallest absolute Gasteiger partial charge is 0.153 e. The van der Waals surface area contributed by atoms with Gasteiger partial charge in [-0.1, -0.05) is 36.4 Å². The zero-order valence-electron chi connectivity index (χ0n) is 10.8. The van der Waals surface area contributed by atoms with Crippen LogP contribution in [-0.2, 0) is 6.61 Å². The van der Waals surface area contributed by atoms with Gasteiger partial charge in [0.25, 0.3) is 0 Å². The Morgan fingerprint density at radius 1 is 0.950 bits per heavy atom. The Morgan fingerprint density at radius 2 is 1.75 bits per heavy atom. The highest BCUT2D eigenvalue weighted by atomic mass is 16.5. The third kappa shape index (κ3) is 2.52. The van der Waals surface area contributed by atoms with Gasteiger partial charge in [-0.3, -0.25) is 4.79 Å². The van der Waals surface area contributed by atoms with E-state index in [0.717, 1.165) is 22.9 Å². The minimum absolute atomic E-state index is 0.343. The predicted molar refractivity (Wildman–Crippen MR) is 77.9 cm³/mol. The molecule has 0 saturated carbocycles. The van der Waals surface area contributed by atoms with Crippen molar-refractivity contribution in [2.75, 3.05) is 0 Å². The molecule has 0 radical (unpaired) electrons. The van der Waals surface area contributed by atoms with E-state index in [4.69, 9.17) is 4.74 Å². The van der Waals surface area contributed by atoms with Gasteiger partial charge in [0.15, 0.2) is 6.29 Å². The summed E-state index contributed by atoms with van der Waals surface area (Å²) >= 11 is 0. The molecule has 0 aliphatic heterocycles. The van der Waals surface area contributed by atoms with Crippen LogP contribution in [0, 0.1) is 0 Å². The van der Waals surface area contributed by atoms with Crippen molar-refractivity contribution < 1.29 is 9.53 Å². The summed E-state index contributed by atoms with van der Waals surface area (Å²) in [6.07, 6.45) is 0.795. The number of pyridine rings is 1. The van der Waals surface area contributed by atoms with Gasteiger partial charge in [0.1, 0.15) is 12.4 Å². The zero-order chi connectivity index (χ0) is 13.8. The number of hydrogen-bond acceptors (Lipinski definition) is 3. The molecule has 98 valence electrons. The number of fused-ring (bicyclic) bond motifs is 1. The molecule has 0 amide bonds. The Bertz CT molecular complexity index is 753. The van der Waals surface area contributed by atoms with Crippen molar-refractivity contribution in [2.24, 2.45) is 0 Å². The lowest BCUT2D eigenvalue weighted by Crippen LogP contribution is -2.00. The minimum atomic E-state index is 0.343. The largest absolute Gasteiger partial charge is 0.487 e. The van der Waals surface area contributed by atoms with Gasteiger partial charge in [-0.25, -0.2) is 4.98 Å². The van der Waals surface area contributed by atoms with Crippen molar-refractivity contribution in [3.05, 3.63) is 71.9 Å². The average Bonchev–Trinajstić information content (AvgIpc) is 2.53. The second-order valence-corrected chi connectivity index (χ2v) is 4.44. The Labute approximate surface area is 116 Å². The molecule has 0 N–H and O–H groups in total. The molecule has 0 unspecified atom stereocenters. The monoisotopic (exact) mass is 263 g/mol. The van der Waals surface area contributed by atoms with Crippen LogP contribution in [0.4, 0.5) is 0 Å². The number of carbonyl (C=O) groups excluding carboxylic acids is 1. The molecule has 3 aromatic rings. The van der Waals surface area contributed by atoms with Crippen molar-refractivity contribution in [3.8, 4) is 5.75 Å². The molecule has 0 fully saturated rings. The number of para-hydroxylation sites is 2. The van der Waals surface area contributed by atoms with Crippen LogP contribution in [0.1, 0.15) is 16.1 Å². The van der Waals surface area contributed by atoms with Gasteiger partial charge in [-0.15, -0.1) is 0 Å². The quantitative estimate of drug-likeness (QED) is 0.675. The van der Waals surface area contributed by atoms with Gasteiger partial charge in [0.05, 0.1) is 16.8 Å². The summed E-state index contributed by atoms with van der Waals surface area (Å²) in [6.45, 7) is 0.343. The molecule has 0 spiro atoms. The molecule has 3 heteroatoms. The summed E-state index contributed by atoms with van der Waals surface area (Å²) in [6, 6.07) is 19.1. The molecule has 20 heavy (non-hydrogen) atoms. The van der Waals surface area contributed by atoms with Crippen LogP contribution in [0.3, 0.4) is 0 Å². The number of nitrogens with zero attached hydrogens (tertiary/aromatic N) is 1. The fourth-order valence-corrected chi connectivity index (χ4v) is 2.05. The molecule has 1 aromatic heterocycles. The Hall–Kier alpha value is -2.68. The van der Waals surface area contributed by atoms with E-state index >= 15 is 0 Å². The maximum Gasteiger partial charge on any atom is 0.153 e. The molecule has 1 heterocycles. The lowest BCUT2D eigenvalue weighted by Gasteiger charge is -2.08. The first-order valence-corrected chi connectivity index (χ1v) is 6.38. The topological polar surface area (TPSA) is 39.2 Å². The molecule has 3 nitrogen and oxygen atoms in total. The van der Waals surface area contributed by atoms with Crippen molar-refractivity contribution >= 4 is 17.2 Å². The maximum atomic E-state index is 10.9. The van der Waals surface area contributed by atoms with Crippen LogP contribution in [-0.4, -0.2) is 11.3 Å². The highest BCUT2D eigenvalue weighted by molar-refractivity contribution is 5.79. The second kappa shape index (κ2) is 5.53. The normalized spacial score (nSPS) is 10.4. The summed E-state index contributed by atoms with van der Waals surface area (Å²) in [5, 5.41) is 1.10. The third-order valence-electron chi connectivity index (χ3n) is 3.08. The summed E-state index contributed by atoms with van der Waals surface area (Å²) in [5.74, 6) is 0.581. The van der Waals surface area contributed by atoms with Crippen LogP contribution >= 0.6 is 0 Å². The van der Waals surface area contributed by atoms with Gasteiger partial charge < -0.3 is 4.74 Å². The zero-order valence-corrected chi connectivity index (χ0v) is 10.8. The minimum Gasteiger partial charge on any atom is -0.487 e. The number of aromatic nitrogens is 1. The van der Waals surface area contributed by atoms with E-state index in [0.29, 0.717) is 17.9 Å². The molecule has 0 aliphatic rings. The van der Waals surface area contributed by atoms with E-state index < -0.39 is 0 Å². The predicted octanol–water partition coefficient (Wildman–Crippen LogP) is 3.63. The standard InChI is InChI=1S/C17H13NO2/c19-11-14-6-2-4-8-17(14)20-12-15-10-9-13-5-1-3-7-16(13)18-15/h1-11H,12H2. The molecule has 2 aromatic carbocycles. The SMILES string of the molecule is O=Cc1ccccc1OCc1ccc2ccccc2n1. The summed E-state index contributed by atoms with van der Waals surface area (Å²) in [7, 11) is 0. The van der Waals surface area contributed by atoms with Crippen LogP contribution in [0.5, 0.6) is 5.75 Å². The second-order valence-electron chi connectivity index (χ2n) is 4.44. The van der Waals surface area contributed by atoms with E-state index in [9.17, 15) is 4.79 Å². The first kappa shape index (κ1) is 12.4.